The van der Waals surface area contributed by atoms with Crippen LogP contribution in [0.3, 0.4) is 0 Å². The molecule has 1 fully saturated rings. The largest absolute Gasteiger partial charge is 0.461 e. The van der Waals surface area contributed by atoms with Crippen molar-refractivity contribution in [2.75, 3.05) is 19.6 Å². The molecule has 0 aliphatic carbocycles. The number of fused-ring (bicyclic) bond motifs is 1. The predicted octanol–water partition coefficient (Wildman–Crippen LogP) is 3.47. The molecule has 1 aliphatic heterocycles. The van der Waals surface area contributed by atoms with Crippen molar-refractivity contribution in [2.45, 2.75) is 33.2 Å². The zero-order chi connectivity index (χ0) is 14.3. The van der Waals surface area contributed by atoms with Crippen LogP contribution in [-0.4, -0.2) is 24.5 Å². The monoisotopic (exact) mass is 272 g/mol. The third kappa shape index (κ3) is 2.25. The molecule has 3 rings (SSSR count). The fraction of sp³-hybridized carbons (Fsp3) is 0.529. The lowest BCUT2D eigenvalue weighted by molar-refractivity contribution is 0.222. The van der Waals surface area contributed by atoms with E-state index in [1.165, 1.54) is 17.4 Å². The lowest BCUT2D eigenvalue weighted by Crippen LogP contribution is -2.33. The van der Waals surface area contributed by atoms with E-state index in [0.717, 1.165) is 24.4 Å². The first kappa shape index (κ1) is 13.7. The zero-order valence-electron chi connectivity index (χ0n) is 12.6. The lowest BCUT2D eigenvalue weighted by Gasteiger charge is -2.28. The van der Waals surface area contributed by atoms with Gasteiger partial charge in [-0.1, -0.05) is 32.0 Å². The fourth-order valence-electron chi connectivity index (χ4n) is 3.47. The molecule has 0 bridgehead atoms. The van der Waals surface area contributed by atoms with Crippen LogP contribution in [0.5, 0.6) is 0 Å². The highest BCUT2D eigenvalue weighted by Crippen LogP contribution is 2.38. The molecule has 2 N–H and O–H groups in total. The minimum Gasteiger partial charge on any atom is -0.461 e. The van der Waals surface area contributed by atoms with Crippen LogP contribution in [-0.2, 0) is 0 Å². The van der Waals surface area contributed by atoms with E-state index in [-0.39, 0.29) is 6.04 Å². The molecule has 1 saturated heterocycles. The molecule has 2 aromatic rings. The van der Waals surface area contributed by atoms with Crippen LogP contribution >= 0.6 is 0 Å². The highest BCUT2D eigenvalue weighted by molar-refractivity contribution is 5.82. The van der Waals surface area contributed by atoms with Gasteiger partial charge in [0.05, 0.1) is 6.04 Å². The molecule has 1 aromatic heterocycles. The molecule has 108 valence electrons. The number of para-hydroxylation sites is 1. The highest BCUT2D eigenvalue weighted by atomic mass is 16.3. The van der Waals surface area contributed by atoms with Crippen molar-refractivity contribution in [1.82, 2.24) is 4.90 Å². The second-order valence-corrected chi connectivity index (χ2v) is 6.70. The quantitative estimate of drug-likeness (QED) is 0.930. The predicted molar refractivity (Wildman–Crippen MR) is 82.7 cm³/mol. The molecular weight excluding hydrogens is 248 g/mol. The fourth-order valence-corrected chi connectivity index (χ4v) is 3.47. The Kier molecular flexibility index (Phi) is 3.35. The molecule has 2 heterocycles. The van der Waals surface area contributed by atoms with Gasteiger partial charge >= 0.3 is 0 Å². The number of aryl methyl sites for hydroxylation is 1. The summed E-state index contributed by atoms with van der Waals surface area (Å²) < 4.78 is 5.91. The lowest BCUT2D eigenvalue weighted by atomic mass is 9.93. The molecule has 1 unspecified atom stereocenters. The Morgan fingerprint density at radius 3 is 2.75 bits per heavy atom. The normalized spacial score (nSPS) is 20.6. The van der Waals surface area contributed by atoms with Crippen LogP contribution in [0, 0.1) is 12.3 Å². The van der Waals surface area contributed by atoms with Crippen molar-refractivity contribution in [2.24, 2.45) is 11.1 Å². The topological polar surface area (TPSA) is 42.4 Å². The van der Waals surface area contributed by atoms with Crippen molar-refractivity contribution in [3.63, 3.8) is 0 Å². The second-order valence-electron chi connectivity index (χ2n) is 6.70. The van der Waals surface area contributed by atoms with Gasteiger partial charge in [0, 0.05) is 24.0 Å². The molecule has 1 atom stereocenters. The first-order valence-corrected chi connectivity index (χ1v) is 7.44. The minimum absolute atomic E-state index is 0.264. The van der Waals surface area contributed by atoms with Crippen LogP contribution in [0.15, 0.2) is 28.7 Å². The summed E-state index contributed by atoms with van der Waals surface area (Å²) in [6.45, 7) is 9.59. The molecule has 0 amide bonds. The van der Waals surface area contributed by atoms with E-state index in [4.69, 9.17) is 10.2 Å². The van der Waals surface area contributed by atoms with E-state index < -0.39 is 0 Å². The number of nitrogens with two attached hydrogens (primary N) is 1. The van der Waals surface area contributed by atoms with Gasteiger partial charge in [0.25, 0.3) is 0 Å². The van der Waals surface area contributed by atoms with Gasteiger partial charge in [0.15, 0.2) is 0 Å². The molecular formula is C17H24N2O. The Balaban J connectivity index is 2.02. The van der Waals surface area contributed by atoms with Crippen molar-refractivity contribution >= 4 is 11.0 Å². The summed E-state index contributed by atoms with van der Waals surface area (Å²) in [4.78, 5) is 2.52. The smallest absolute Gasteiger partial charge is 0.134 e. The summed E-state index contributed by atoms with van der Waals surface area (Å²) in [6, 6.07) is 8.53. The summed E-state index contributed by atoms with van der Waals surface area (Å²) in [6.07, 6.45) is 1.23. The Morgan fingerprint density at radius 2 is 2.10 bits per heavy atom. The van der Waals surface area contributed by atoms with Gasteiger partial charge < -0.3 is 10.2 Å². The Labute approximate surface area is 120 Å². The van der Waals surface area contributed by atoms with Crippen molar-refractivity contribution in [3.05, 3.63) is 35.6 Å². The van der Waals surface area contributed by atoms with Crippen LogP contribution in [0.25, 0.3) is 11.0 Å². The van der Waals surface area contributed by atoms with Gasteiger partial charge in [0.1, 0.15) is 11.3 Å². The molecule has 0 saturated carbocycles. The summed E-state index contributed by atoms with van der Waals surface area (Å²) in [7, 11) is 0. The standard InChI is InChI=1S/C17H24N2O/c1-12-16(13-6-4-5-7-15(13)20-12)14(10-18)19-9-8-17(2,3)11-19/h4-7,14H,8-11,18H2,1-3H3. The number of hydrogen-bond donors (Lipinski definition) is 1. The summed E-state index contributed by atoms with van der Waals surface area (Å²) in [5.74, 6) is 1.01. The van der Waals surface area contributed by atoms with E-state index in [1.807, 2.05) is 12.1 Å². The van der Waals surface area contributed by atoms with Crippen molar-refractivity contribution in [3.8, 4) is 0 Å². The van der Waals surface area contributed by atoms with Gasteiger partial charge in [-0.2, -0.15) is 0 Å². The van der Waals surface area contributed by atoms with E-state index >= 15 is 0 Å². The van der Waals surface area contributed by atoms with Crippen LogP contribution in [0.1, 0.15) is 37.6 Å². The summed E-state index contributed by atoms with van der Waals surface area (Å²) in [5, 5.41) is 1.21. The number of nitrogens with zero attached hydrogens (tertiary/aromatic N) is 1. The number of rotatable bonds is 3. The molecule has 3 heteroatoms. The molecule has 1 aliphatic rings. The maximum Gasteiger partial charge on any atom is 0.134 e. The maximum absolute atomic E-state index is 6.11. The van der Waals surface area contributed by atoms with Crippen molar-refractivity contribution in [1.29, 1.82) is 0 Å². The summed E-state index contributed by atoms with van der Waals surface area (Å²) in [5.41, 5.74) is 8.75. The number of hydrogen-bond acceptors (Lipinski definition) is 3. The third-order valence-corrected chi connectivity index (χ3v) is 4.52. The first-order chi connectivity index (χ1) is 9.52. The van der Waals surface area contributed by atoms with E-state index in [2.05, 4.69) is 37.8 Å². The van der Waals surface area contributed by atoms with Gasteiger partial charge in [-0.3, -0.25) is 4.90 Å². The zero-order valence-corrected chi connectivity index (χ0v) is 12.6. The minimum atomic E-state index is 0.264. The average molecular weight is 272 g/mol. The van der Waals surface area contributed by atoms with Crippen LogP contribution in [0.2, 0.25) is 0 Å². The van der Waals surface area contributed by atoms with Gasteiger partial charge in [-0.15, -0.1) is 0 Å². The van der Waals surface area contributed by atoms with Crippen molar-refractivity contribution < 1.29 is 4.42 Å². The average Bonchev–Trinajstić information content (AvgIpc) is 2.92. The number of likely N-dealkylation sites (tertiary alicyclic amines) is 1. The summed E-state index contributed by atoms with van der Waals surface area (Å²) >= 11 is 0. The van der Waals surface area contributed by atoms with Crippen LogP contribution in [0.4, 0.5) is 0 Å². The van der Waals surface area contributed by atoms with Gasteiger partial charge in [-0.05, 0) is 31.4 Å². The highest BCUT2D eigenvalue weighted by Gasteiger charge is 2.35. The molecule has 1 aromatic carbocycles. The van der Waals surface area contributed by atoms with Crippen LogP contribution < -0.4 is 5.73 Å². The molecule has 0 radical (unpaired) electrons. The third-order valence-electron chi connectivity index (χ3n) is 4.52. The van der Waals surface area contributed by atoms with E-state index in [1.54, 1.807) is 0 Å². The van der Waals surface area contributed by atoms with Gasteiger partial charge in [-0.25, -0.2) is 0 Å². The number of benzene rings is 1. The van der Waals surface area contributed by atoms with E-state index in [9.17, 15) is 0 Å². The van der Waals surface area contributed by atoms with Gasteiger partial charge in [0.2, 0.25) is 0 Å². The van der Waals surface area contributed by atoms with E-state index in [0.29, 0.717) is 12.0 Å². The molecule has 3 nitrogen and oxygen atoms in total. The number of furan rings is 1. The SMILES string of the molecule is Cc1oc2ccccc2c1C(CN)N1CCC(C)(C)C1. The Morgan fingerprint density at radius 1 is 1.35 bits per heavy atom. The Hall–Kier alpha value is -1.32. The first-order valence-electron chi connectivity index (χ1n) is 7.44. The second kappa shape index (κ2) is 4.90. The Bertz CT molecular complexity index is 614. The maximum atomic E-state index is 6.11. The molecule has 20 heavy (non-hydrogen) atoms. The molecule has 0 spiro atoms.